The maximum atomic E-state index is 13.1. The summed E-state index contributed by atoms with van der Waals surface area (Å²) in [7, 11) is 0. The predicted octanol–water partition coefficient (Wildman–Crippen LogP) is 4.08. The van der Waals surface area contributed by atoms with Crippen LogP contribution in [0.15, 0.2) is 60.8 Å². The summed E-state index contributed by atoms with van der Waals surface area (Å²) in [5, 5.41) is 8.04. The van der Waals surface area contributed by atoms with Crippen LogP contribution in [-0.2, 0) is 9.53 Å². The number of benzene rings is 2. The molecule has 0 saturated carbocycles. The van der Waals surface area contributed by atoms with E-state index >= 15 is 0 Å². The number of nitrogens with zero attached hydrogens (tertiary/aromatic N) is 3. The van der Waals surface area contributed by atoms with Crippen LogP contribution in [0.25, 0.3) is 16.7 Å². The molecular weight excluding hydrogens is 436 g/mol. The van der Waals surface area contributed by atoms with E-state index in [1.807, 2.05) is 37.3 Å². The number of hydrogen-bond acceptors (Lipinski definition) is 7. The largest absolute Gasteiger partial charge is 0.462 e. The molecule has 0 fully saturated rings. The molecule has 1 N–H and O–H groups in total. The minimum absolute atomic E-state index is 0.0824. The topological polar surface area (TPSA) is 112 Å². The molecule has 0 bridgehead atoms. The van der Waals surface area contributed by atoms with Crippen molar-refractivity contribution in [3.05, 3.63) is 77.5 Å². The van der Waals surface area contributed by atoms with Crippen molar-refractivity contribution in [3.63, 3.8) is 0 Å². The Bertz CT molecular complexity index is 1410. The van der Waals surface area contributed by atoms with Crippen molar-refractivity contribution in [1.29, 1.82) is 0 Å². The molecule has 2 heterocycles. The van der Waals surface area contributed by atoms with Crippen LogP contribution in [-0.4, -0.2) is 39.2 Å². The molecule has 4 aromatic rings. The fourth-order valence-corrected chi connectivity index (χ4v) is 3.49. The molecule has 0 spiro atoms. The summed E-state index contributed by atoms with van der Waals surface area (Å²) in [4.78, 5) is 41.6. The number of aromatic nitrogens is 3. The van der Waals surface area contributed by atoms with Crippen molar-refractivity contribution in [2.75, 3.05) is 11.9 Å². The molecule has 9 heteroatoms. The smallest absolute Gasteiger partial charge is 0.343 e. The van der Waals surface area contributed by atoms with E-state index in [4.69, 9.17) is 9.47 Å². The maximum absolute atomic E-state index is 13.1. The van der Waals surface area contributed by atoms with Crippen molar-refractivity contribution in [2.24, 2.45) is 0 Å². The number of rotatable bonds is 6. The average Bonchev–Trinajstić information content (AvgIpc) is 3.22. The normalized spacial score (nSPS) is 10.7. The fourth-order valence-electron chi connectivity index (χ4n) is 3.49. The monoisotopic (exact) mass is 458 g/mol. The van der Waals surface area contributed by atoms with Gasteiger partial charge in [-0.05, 0) is 49.7 Å². The van der Waals surface area contributed by atoms with Gasteiger partial charge in [0.1, 0.15) is 11.3 Å². The van der Waals surface area contributed by atoms with Gasteiger partial charge in [-0.3, -0.25) is 9.59 Å². The summed E-state index contributed by atoms with van der Waals surface area (Å²) < 4.78 is 11.6. The molecule has 0 atom stereocenters. The van der Waals surface area contributed by atoms with Gasteiger partial charge in [0, 0.05) is 17.9 Å². The molecule has 34 heavy (non-hydrogen) atoms. The molecule has 2 aromatic heterocycles. The number of esters is 2. The van der Waals surface area contributed by atoms with Crippen LogP contribution in [0.5, 0.6) is 5.75 Å². The predicted molar refractivity (Wildman–Crippen MR) is 125 cm³/mol. The number of anilines is 1. The third-order valence-electron chi connectivity index (χ3n) is 4.98. The van der Waals surface area contributed by atoms with Gasteiger partial charge in [-0.25, -0.2) is 9.78 Å². The third kappa shape index (κ3) is 4.63. The number of nitrogens with one attached hydrogen (secondary N) is 1. The number of para-hydroxylation sites is 1. The van der Waals surface area contributed by atoms with E-state index in [1.165, 1.54) is 23.9 Å². The van der Waals surface area contributed by atoms with Crippen LogP contribution in [0.3, 0.4) is 0 Å². The summed E-state index contributed by atoms with van der Waals surface area (Å²) in [6.45, 7) is 5.07. The first kappa shape index (κ1) is 22.7. The van der Waals surface area contributed by atoms with Crippen molar-refractivity contribution in [2.45, 2.75) is 20.8 Å². The number of carbonyl (C=O) groups excluding carboxylic acids is 3. The van der Waals surface area contributed by atoms with E-state index in [-0.39, 0.29) is 29.3 Å². The van der Waals surface area contributed by atoms with Gasteiger partial charge in [0.05, 0.1) is 18.3 Å². The second kappa shape index (κ2) is 9.53. The minimum atomic E-state index is -0.629. The van der Waals surface area contributed by atoms with Crippen LogP contribution < -0.4 is 10.1 Å². The molecule has 0 aliphatic rings. The zero-order valence-corrected chi connectivity index (χ0v) is 18.9. The zero-order chi connectivity index (χ0) is 24.2. The first-order chi connectivity index (χ1) is 16.4. The molecular formula is C25H22N4O5. The summed E-state index contributed by atoms with van der Waals surface area (Å²) in [6, 6.07) is 15.6. The van der Waals surface area contributed by atoms with Crippen LogP contribution >= 0.6 is 0 Å². The molecule has 0 saturated heterocycles. The van der Waals surface area contributed by atoms with Gasteiger partial charge in [0.15, 0.2) is 11.6 Å². The number of pyridine rings is 1. The molecule has 0 radical (unpaired) electrons. The summed E-state index contributed by atoms with van der Waals surface area (Å²) in [5.74, 6) is -0.891. The Labute approximate surface area is 195 Å². The van der Waals surface area contributed by atoms with Crippen LogP contribution in [0.2, 0.25) is 0 Å². The maximum Gasteiger partial charge on any atom is 0.343 e. The highest BCUT2D eigenvalue weighted by Gasteiger charge is 2.23. The van der Waals surface area contributed by atoms with Crippen molar-refractivity contribution < 1.29 is 23.9 Å². The van der Waals surface area contributed by atoms with E-state index in [0.717, 1.165) is 16.5 Å². The van der Waals surface area contributed by atoms with Crippen LogP contribution in [0, 0.1) is 6.92 Å². The average molecular weight is 458 g/mol. The first-order valence-corrected chi connectivity index (χ1v) is 10.6. The highest BCUT2D eigenvalue weighted by molar-refractivity contribution is 6.07. The lowest BCUT2D eigenvalue weighted by Gasteiger charge is -2.12. The Hall–Kier alpha value is -4.53. The van der Waals surface area contributed by atoms with Gasteiger partial charge in [-0.15, -0.1) is 0 Å². The first-order valence-electron chi connectivity index (χ1n) is 10.6. The standard InChI is InChI=1S/C25H22N4O5/c1-4-33-25(32)20-14-26-29(22-12-15(2)19-10-5-6-11-21(19)27-22)23(20)28-24(31)17-8-7-9-18(13-17)34-16(3)30/h5-14H,4H2,1-3H3,(H,28,31). The molecule has 0 aliphatic heterocycles. The Morgan fingerprint density at radius 2 is 1.85 bits per heavy atom. The van der Waals surface area contributed by atoms with E-state index < -0.39 is 17.8 Å². The molecule has 1 amide bonds. The van der Waals surface area contributed by atoms with Crippen molar-refractivity contribution >= 4 is 34.6 Å². The lowest BCUT2D eigenvalue weighted by atomic mass is 10.1. The molecule has 2 aromatic carbocycles. The molecule has 172 valence electrons. The Balaban J connectivity index is 1.77. The van der Waals surface area contributed by atoms with E-state index in [9.17, 15) is 14.4 Å². The van der Waals surface area contributed by atoms with Crippen LogP contribution in [0.1, 0.15) is 40.1 Å². The fraction of sp³-hybridized carbons (Fsp3) is 0.160. The highest BCUT2D eigenvalue weighted by atomic mass is 16.5. The summed E-state index contributed by atoms with van der Waals surface area (Å²) in [5.41, 5.74) is 2.01. The van der Waals surface area contributed by atoms with Gasteiger partial charge in [-0.2, -0.15) is 9.78 Å². The minimum Gasteiger partial charge on any atom is -0.462 e. The number of amides is 1. The van der Waals surface area contributed by atoms with Crippen molar-refractivity contribution in [3.8, 4) is 11.6 Å². The number of fused-ring (bicyclic) bond motifs is 1. The van der Waals surface area contributed by atoms with Crippen LogP contribution in [0.4, 0.5) is 5.82 Å². The molecule has 0 aliphatic carbocycles. The van der Waals surface area contributed by atoms with Gasteiger partial charge in [0.25, 0.3) is 5.91 Å². The van der Waals surface area contributed by atoms with Gasteiger partial charge < -0.3 is 14.8 Å². The van der Waals surface area contributed by atoms with Crippen molar-refractivity contribution in [1.82, 2.24) is 14.8 Å². The van der Waals surface area contributed by atoms with Gasteiger partial charge in [0.2, 0.25) is 0 Å². The number of aryl methyl sites for hydroxylation is 1. The van der Waals surface area contributed by atoms with E-state index in [2.05, 4.69) is 15.4 Å². The van der Waals surface area contributed by atoms with Gasteiger partial charge >= 0.3 is 11.9 Å². The zero-order valence-electron chi connectivity index (χ0n) is 18.9. The Morgan fingerprint density at radius 3 is 2.62 bits per heavy atom. The second-order valence-corrected chi connectivity index (χ2v) is 7.43. The molecule has 9 nitrogen and oxygen atoms in total. The third-order valence-corrected chi connectivity index (χ3v) is 4.98. The Kier molecular flexibility index (Phi) is 6.35. The van der Waals surface area contributed by atoms with E-state index in [1.54, 1.807) is 25.1 Å². The van der Waals surface area contributed by atoms with E-state index in [0.29, 0.717) is 5.82 Å². The Morgan fingerprint density at radius 1 is 1.06 bits per heavy atom. The SMILES string of the molecule is CCOC(=O)c1cnn(-c2cc(C)c3ccccc3n2)c1NC(=O)c1cccc(OC(C)=O)c1. The van der Waals surface area contributed by atoms with Gasteiger partial charge in [-0.1, -0.05) is 24.3 Å². The lowest BCUT2D eigenvalue weighted by Crippen LogP contribution is -2.18. The highest BCUT2D eigenvalue weighted by Crippen LogP contribution is 2.25. The second-order valence-electron chi connectivity index (χ2n) is 7.43. The molecule has 0 unspecified atom stereocenters. The number of hydrogen-bond donors (Lipinski definition) is 1. The lowest BCUT2D eigenvalue weighted by molar-refractivity contribution is -0.131. The number of carbonyl (C=O) groups is 3. The summed E-state index contributed by atoms with van der Waals surface area (Å²) in [6.07, 6.45) is 1.33. The summed E-state index contributed by atoms with van der Waals surface area (Å²) >= 11 is 0. The quantitative estimate of drug-likeness (QED) is 0.342. The molecule has 4 rings (SSSR count). The number of ether oxygens (including phenoxy) is 2.